The minimum absolute atomic E-state index is 0.0360. The fourth-order valence-electron chi connectivity index (χ4n) is 3.50. The monoisotopic (exact) mass is 224 g/mol. The average molecular weight is 224 g/mol. The van der Waals surface area contributed by atoms with Crippen LogP contribution in [0.15, 0.2) is 0 Å². The van der Waals surface area contributed by atoms with Gasteiger partial charge in [0.15, 0.2) is 0 Å². The second kappa shape index (κ2) is 3.56. The Hall–Kier alpha value is -0.370. The second-order valence-electron chi connectivity index (χ2n) is 6.62. The zero-order valence-corrected chi connectivity index (χ0v) is 11.1. The van der Waals surface area contributed by atoms with Crippen molar-refractivity contribution in [1.29, 1.82) is 0 Å². The van der Waals surface area contributed by atoms with E-state index in [-0.39, 0.29) is 16.4 Å². The van der Waals surface area contributed by atoms with Crippen molar-refractivity contribution in [2.45, 2.75) is 65.4 Å². The van der Waals surface area contributed by atoms with Gasteiger partial charge in [-0.3, -0.25) is 4.79 Å². The summed E-state index contributed by atoms with van der Waals surface area (Å²) in [5.41, 5.74) is 0.0374. The van der Waals surface area contributed by atoms with Gasteiger partial charge in [-0.15, -0.1) is 0 Å². The highest BCUT2D eigenvalue weighted by molar-refractivity contribution is 5.82. The lowest BCUT2D eigenvalue weighted by Crippen LogP contribution is -2.50. The first kappa shape index (κ1) is 12.1. The lowest BCUT2D eigenvalue weighted by molar-refractivity contribution is -0.143. The first-order valence-electron chi connectivity index (χ1n) is 6.46. The highest BCUT2D eigenvalue weighted by Crippen LogP contribution is 2.55. The Kier molecular flexibility index (Phi) is 2.69. The van der Waals surface area contributed by atoms with Crippen LogP contribution in [-0.2, 0) is 9.53 Å². The van der Waals surface area contributed by atoms with Gasteiger partial charge in [0.25, 0.3) is 0 Å². The highest BCUT2D eigenvalue weighted by Gasteiger charge is 2.55. The third-order valence-corrected chi connectivity index (χ3v) is 5.17. The van der Waals surface area contributed by atoms with Crippen molar-refractivity contribution in [3.05, 3.63) is 0 Å². The Morgan fingerprint density at radius 2 is 1.81 bits per heavy atom. The van der Waals surface area contributed by atoms with Crippen LogP contribution in [0.3, 0.4) is 0 Å². The SMILES string of the molecule is CC(=O)[C@]1(C)CCC[C@]2(C1)OCCC2(C)C. The van der Waals surface area contributed by atoms with E-state index in [1.165, 1.54) is 0 Å². The Morgan fingerprint density at radius 3 is 2.31 bits per heavy atom. The van der Waals surface area contributed by atoms with Gasteiger partial charge < -0.3 is 4.74 Å². The molecular formula is C14H24O2. The normalized spacial score (nSPS) is 42.5. The van der Waals surface area contributed by atoms with E-state index in [4.69, 9.17) is 4.74 Å². The van der Waals surface area contributed by atoms with Crippen molar-refractivity contribution in [2.75, 3.05) is 6.61 Å². The van der Waals surface area contributed by atoms with Crippen LogP contribution in [0.4, 0.5) is 0 Å². The molecule has 2 atom stereocenters. The summed E-state index contributed by atoms with van der Waals surface area (Å²) in [5.74, 6) is 0.331. The molecule has 92 valence electrons. The minimum atomic E-state index is -0.153. The summed E-state index contributed by atoms with van der Waals surface area (Å²) >= 11 is 0. The number of Topliss-reactive ketones (excluding diaryl/α,β-unsaturated/α-hetero) is 1. The Balaban J connectivity index is 2.27. The molecule has 1 saturated heterocycles. The molecule has 0 aromatic rings. The second-order valence-corrected chi connectivity index (χ2v) is 6.62. The van der Waals surface area contributed by atoms with Gasteiger partial charge in [0, 0.05) is 12.0 Å². The molecule has 0 aromatic heterocycles. The summed E-state index contributed by atoms with van der Waals surface area (Å²) in [6.07, 6.45) is 5.33. The van der Waals surface area contributed by atoms with Gasteiger partial charge in [-0.05, 0) is 44.4 Å². The molecule has 0 unspecified atom stereocenters. The number of carbonyl (C=O) groups excluding carboxylic acids is 1. The summed E-state index contributed by atoms with van der Waals surface area (Å²) in [6.45, 7) is 9.31. The molecular weight excluding hydrogens is 200 g/mol. The third-order valence-electron chi connectivity index (χ3n) is 5.17. The van der Waals surface area contributed by atoms with E-state index in [0.717, 1.165) is 38.7 Å². The molecule has 1 spiro atoms. The van der Waals surface area contributed by atoms with Gasteiger partial charge in [-0.2, -0.15) is 0 Å². The first-order valence-corrected chi connectivity index (χ1v) is 6.46. The van der Waals surface area contributed by atoms with Crippen LogP contribution in [0, 0.1) is 10.8 Å². The van der Waals surface area contributed by atoms with E-state index in [1.807, 2.05) is 0 Å². The van der Waals surface area contributed by atoms with Crippen LogP contribution < -0.4 is 0 Å². The van der Waals surface area contributed by atoms with Crippen molar-refractivity contribution in [3.63, 3.8) is 0 Å². The zero-order valence-electron chi connectivity index (χ0n) is 11.1. The molecule has 0 bridgehead atoms. The van der Waals surface area contributed by atoms with E-state index in [2.05, 4.69) is 20.8 Å². The highest BCUT2D eigenvalue weighted by atomic mass is 16.5. The molecule has 0 N–H and O–H groups in total. The number of hydrogen-bond donors (Lipinski definition) is 0. The number of rotatable bonds is 1. The van der Waals surface area contributed by atoms with E-state index in [0.29, 0.717) is 5.78 Å². The van der Waals surface area contributed by atoms with E-state index < -0.39 is 0 Å². The summed E-state index contributed by atoms with van der Waals surface area (Å²) in [4.78, 5) is 11.8. The quantitative estimate of drug-likeness (QED) is 0.683. The van der Waals surface area contributed by atoms with Crippen LogP contribution in [0.5, 0.6) is 0 Å². The van der Waals surface area contributed by atoms with E-state index in [1.54, 1.807) is 6.92 Å². The number of hydrogen-bond acceptors (Lipinski definition) is 2. The Bertz CT molecular complexity index is 308. The number of ether oxygens (including phenoxy) is 1. The van der Waals surface area contributed by atoms with E-state index in [9.17, 15) is 4.79 Å². The van der Waals surface area contributed by atoms with Crippen LogP contribution in [0.25, 0.3) is 0 Å². The van der Waals surface area contributed by atoms with Crippen LogP contribution >= 0.6 is 0 Å². The molecule has 1 saturated carbocycles. The molecule has 0 amide bonds. The molecule has 2 heteroatoms. The van der Waals surface area contributed by atoms with Crippen LogP contribution in [-0.4, -0.2) is 18.0 Å². The van der Waals surface area contributed by atoms with Gasteiger partial charge in [0.1, 0.15) is 5.78 Å². The fourth-order valence-corrected chi connectivity index (χ4v) is 3.50. The predicted molar refractivity (Wildman–Crippen MR) is 64.3 cm³/mol. The molecule has 2 aliphatic rings. The fraction of sp³-hybridized carbons (Fsp3) is 0.929. The van der Waals surface area contributed by atoms with Crippen molar-refractivity contribution in [2.24, 2.45) is 10.8 Å². The number of carbonyl (C=O) groups is 1. The van der Waals surface area contributed by atoms with Gasteiger partial charge in [0.2, 0.25) is 0 Å². The minimum Gasteiger partial charge on any atom is -0.374 e. The van der Waals surface area contributed by atoms with Crippen LogP contribution in [0.2, 0.25) is 0 Å². The van der Waals surface area contributed by atoms with Crippen molar-refractivity contribution in [1.82, 2.24) is 0 Å². The Labute approximate surface area is 98.7 Å². The third kappa shape index (κ3) is 1.62. The lowest BCUT2D eigenvalue weighted by Gasteiger charge is -2.49. The van der Waals surface area contributed by atoms with E-state index >= 15 is 0 Å². The van der Waals surface area contributed by atoms with Gasteiger partial charge in [-0.1, -0.05) is 20.8 Å². The molecule has 2 nitrogen and oxygen atoms in total. The molecule has 1 aliphatic carbocycles. The lowest BCUT2D eigenvalue weighted by atomic mass is 9.59. The maximum Gasteiger partial charge on any atom is 0.135 e. The number of ketones is 1. The van der Waals surface area contributed by atoms with Crippen molar-refractivity contribution < 1.29 is 9.53 Å². The molecule has 1 aliphatic heterocycles. The van der Waals surface area contributed by atoms with Crippen LogP contribution in [0.1, 0.15) is 59.8 Å². The summed E-state index contributed by atoms with van der Waals surface area (Å²) in [5, 5.41) is 0. The standard InChI is InChI=1S/C14H24O2/c1-11(15)13(4)6-5-7-14(10-13)12(2,3)8-9-16-14/h5-10H2,1-4H3/t13-,14-/m1/s1. The van der Waals surface area contributed by atoms with Gasteiger partial charge >= 0.3 is 0 Å². The average Bonchev–Trinajstić information content (AvgIpc) is 2.42. The smallest absolute Gasteiger partial charge is 0.135 e. The molecule has 2 fully saturated rings. The van der Waals surface area contributed by atoms with Crippen molar-refractivity contribution >= 4 is 5.78 Å². The summed E-state index contributed by atoms with van der Waals surface area (Å²) < 4.78 is 6.09. The molecule has 2 rings (SSSR count). The largest absolute Gasteiger partial charge is 0.374 e. The maximum atomic E-state index is 11.8. The maximum absolute atomic E-state index is 11.8. The summed E-state index contributed by atoms with van der Waals surface area (Å²) in [7, 11) is 0. The Morgan fingerprint density at radius 1 is 1.12 bits per heavy atom. The summed E-state index contributed by atoms with van der Waals surface area (Å²) in [6, 6.07) is 0. The molecule has 1 heterocycles. The molecule has 16 heavy (non-hydrogen) atoms. The van der Waals surface area contributed by atoms with Gasteiger partial charge in [0.05, 0.1) is 5.60 Å². The van der Waals surface area contributed by atoms with Crippen molar-refractivity contribution in [3.8, 4) is 0 Å². The zero-order chi connectivity index (χ0) is 12.0. The molecule has 0 radical (unpaired) electrons. The topological polar surface area (TPSA) is 26.3 Å². The molecule has 0 aromatic carbocycles. The van der Waals surface area contributed by atoms with Gasteiger partial charge in [-0.25, -0.2) is 0 Å². The first-order chi connectivity index (χ1) is 7.31. The predicted octanol–water partition coefficient (Wildman–Crippen LogP) is 3.34.